The Morgan fingerprint density at radius 3 is 2.95 bits per heavy atom. The van der Waals surface area contributed by atoms with Crippen molar-refractivity contribution in [2.24, 2.45) is 5.92 Å². The van der Waals surface area contributed by atoms with Crippen LogP contribution in [0.1, 0.15) is 38.3 Å². The minimum absolute atomic E-state index is 0.768. The van der Waals surface area contributed by atoms with E-state index in [0.717, 1.165) is 31.5 Å². The summed E-state index contributed by atoms with van der Waals surface area (Å²) in [6.45, 7) is 5.64. The number of hydrogen-bond acceptors (Lipinski definition) is 3. The van der Waals surface area contributed by atoms with Crippen molar-refractivity contribution in [1.29, 1.82) is 0 Å². The monoisotopic (exact) mass is 275 g/mol. The molecule has 3 nitrogen and oxygen atoms in total. The molecular weight excluding hydrogens is 246 g/mol. The van der Waals surface area contributed by atoms with Gasteiger partial charge in [0.1, 0.15) is 0 Å². The van der Waals surface area contributed by atoms with Crippen molar-refractivity contribution < 1.29 is 0 Å². The van der Waals surface area contributed by atoms with Crippen LogP contribution in [0.2, 0.25) is 0 Å². The molecule has 2 rings (SSSR count). The van der Waals surface area contributed by atoms with Crippen molar-refractivity contribution in [2.75, 3.05) is 26.7 Å². The Hall–Kier alpha value is -0.930. The van der Waals surface area contributed by atoms with Crippen LogP contribution in [-0.2, 0) is 6.42 Å². The number of nitrogens with one attached hydrogen (secondary N) is 1. The summed E-state index contributed by atoms with van der Waals surface area (Å²) in [6, 6.07) is 6.94. The molecule has 1 aromatic heterocycles. The Kier molecular flexibility index (Phi) is 6.48. The van der Waals surface area contributed by atoms with E-state index in [4.69, 9.17) is 0 Å². The number of hydrogen-bond donors (Lipinski definition) is 1. The molecule has 0 aliphatic heterocycles. The van der Waals surface area contributed by atoms with Crippen LogP contribution in [-0.4, -0.2) is 42.6 Å². The van der Waals surface area contributed by atoms with Crippen LogP contribution in [0.3, 0.4) is 0 Å². The summed E-state index contributed by atoms with van der Waals surface area (Å²) in [5.74, 6) is 0.882. The van der Waals surface area contributed by atoms with Gasteiger partial charge in [-0.3, -0.25) is 4.98 Å². The predicted molar refractivity (Wildman–Crippen MR) is 84.9 cm³/mol. The molecule has 1 aromatic rings. The number of pyridine rings is 1. The van der Waals surface area contributed by atoms with Crippen LogP contribution in [0.4, 0.5) is 0 Å². The fraction of sp³-hybridized carbons (Fsp3) is 0.706. The predicted octanol–water partition coefficient (Wildman–Crippen LogP) is 2.72. The van der Waals surface area contributed by atoms with Gasteiger partial charge in [0.2, 0.25) is 0 Å². The first kappa shape index (κ1) is 15.5. The van der Waals surface area contributed by atoms with Crippen molar-refractivity contribution in [3.05, 3.63) is 30.1 Å². The molecule has 2 unspecified atom stereocenters. The molecule has 1 fully saturated rings. The van der Waals surface area contributed by atoms with Gasteiger partial charge in [0.15, 0.2) is 0 Å². The standard InChI is InChI=1S/C17H29N3/c1-3-18-17-9-6-7-15(17)10-13-20(2)14-11-16-8-4-5-12-19-16/h4-5,8,12,15,17-18H,3,6-7,9-11,13-14H2,1-2H3. The van der Waals surface area contributed by atoms with Crippen LogP contribution in [0.5, 0.6) is 0 Å². The zero-order valence-corrected chi connectivity index (χ0v) is 13.0. The van der Waals surface area contributed by atoms with E-state index in [1.807, 2.05) is 12.3 Å². The SMILES string of the molecule is CCNC1CCCC1CCN(C)CCc1ccccn1. The Morgan fingerprint density at radius 2 is 2.20 bits per heavy atom. The van der Waals surface area contributed by atoms with Gasteiger partial charge in [0.25, 0.3) is 0 Å². The zero-order chi connectivity index (χ0) is 14.2. The molecular formula is C17H29N3. The number of likely N-dealkylation sites (N-methyl/N-ethyl adjacent to an activating group) is 1. The van der Waals surface area contributed by atoms with Gasteiger partial charge in [-0.25, -0.2) is 0 Å². The smallest absolute Gasteiger partial charge is 0.0416 e. The molecule has 3 heteroatoms. The molecule has 0 bridgehead atoms. The maximum atomic E-state index is 4.39. The zero-order valence-electron chi connectivity index (χ0n) is 13.0. The maximum absolute atomic E-state index is 4.39. The van der Waals surface area contributed by atoms with E-state index in [1.54, 1.807) is 0 Å². The lowest BCUT2D eigenvalue weighted by atomic mass is 9.99. The second kappa shape index (κ2) is 8.38. The van der Waals surface area contributed by atoms with Crippen LogP contribution in [0, 0.1) is 5.92 Å². The molecule has 1 heterocycles. The van der Waals surface area contributed by atoms with E-state index >= 15 is 0 Å². The van der Waals surface area contributed by atoms with Gasteiger partial charge in [0, 0.05) is 30.9 Å². The summed E-state index contributed by atoms with van der Waals surface area (Å²) in [6.07, 6.45) is 8.45. The van der Waals surface area contributed by atoms with E-state index in [2.05, 4.69) is 41.3 Å². The molecule has 112 valence electrons. The third kappa shape index (κ3) is 4.88. The van der Waals surface area contributed by atoms with Crippen LogP contribution in [0.25, 0.3) is 0 Å². The Bertz CT molecular complexity index is 366. The first-order chi connectivity index (χ1) is 9.79. The van der Waals surface area contributed by atoms with Crippen molar-refractivity contribution >= 4 is 0 Å². The van der Waals surface area contributed by atoms with Gasteiger partial charge in [-0.15, -0.1) is 0 Å². The molecule has 2 atom stereocenters. The fourth-order valence-corrected chi connectivity index (χ4v) is 3.26. The highest BCUT2D eigenvalue weighted by atomic mass is 15.1. The molecule has 20 heavy (non-hydrogen) atoms. The average molecular weight is 275 g/mol. The minimum atomic E-state index is 0.768. The van der Waals surface area contributed by atoms with Gasteiger partial charge in [-0.1, -0.05) is 19.4 Å². The topological polar surface area (TPSA) is 28.2 Å². The highest BCUT2D eigenvalue weighted by molar-refractivity contribution is 5.03. The fourth-order valence-electron chi connectivity index (χ4n) is 3.26. The Balaban J connectivity index is 1.66. The van der Waals surface area contributed by atoms with Gasteiger partial charge in [-0.05, 0) is 57.5 Å². The third-order valence-corrected chi connectivity index (χ3v) is 4.48. The van der Waals surface area contributed by atoms with Crippen molar-refractivity contribution in [3.63, 3.8) is 0 Å². The maximum Gasteiger partial charge on any atom is 0.0416 e. The summed E-state index contributed by atoms with van der Waals surface area (Å²) in [7, 11) is 2.24. The molecule has 0 saturated heterocycles. The van der Waals surface area contributed by atoms with Crippen LogP contribution < -0.4 is 5.32 Å². The van der Waals surface area contributed by atoms with E-state index in [-0.39, 0.29) is 0 Å². The highest BCUT2D eigenvalue weighted by Gasteiger charge is 2.26. The second-order valence-electron chi connectivity index (χ2n) is 6.02. The van der Waals surface area contributed by atoms with Gasteiger partial charge >= 0.3 is 0 Å². The van der Waals surface area contributed by atoms with E-state index in [0.29, 0.717) is 0 Å². The molecule has 1 saturated carbocycles. The lowest BCUT2D eigenvalue weighted by Crippen LogP contribution is -2.34. The summed E-state index contributed by atoms with van der Waals surface area (Å²) in [5.41, 5.74) is 1.20. The highest BCUT2D eigenvalue weighted by Crippen LogP contribution is 2.28. The van der Waals surface area contributed by atoms with Crippen molar-refractivity contribution in [2.45, 2.75) is 45.1 Å². The number of aromatic nitrogens is 1. The molecule has 1 aliphatic carbocycles. The summed E-state index contributed by atoms with van der Waals surface area (Å²) in [4.78, 5) is 6.84. The quantitative estimate of drug-likeness (QED) is 0.790. The first-order valence-corrected chi connectivity index (χ1v) is 8.11. The molecule has 1 aliphatic rings. The molecule has 0 aromatic carbocycles. The normalized spacial score (nSPS) is 22.6. The summed E-state index contributed by atoms with van der Waals surface area (Å²) >= 11 is 0. The molecule has 0 spiro atoms. The molecule has 0 amide bonds. The van der Waals surface area contributed by atoms with E-state index in [9.17, 15) is 0 Å². The lowest BCUT2D eigenvalue weighted by Gasteiger charge is -2.23. The van der Waals surface area contributed by atoms with Crippen LogP contribution in [0.15, 0.2) is 24.4 Å². The Morgan fingerprint density at radius 1 is 1.30 bits per heavy atom. The molecule has 1 N–H and O–H groups in total. The van der Waals surface area contributed by atoms with E-state index < -0.39 is 0 Å². The summed E-state index contributed by atoms with van der Waals surface area (Å²) in [5, 5.41) is 3.65. The summed E-state index contributed by atoms with van der Waals surface area (Å²) < 4.78 is 0. The molecule has 0 radical (unpaired) electrons. The van der Waals surface area contributed by atoms with Crippen molar-refractivity contribution in [3.8, 4) is 0 Å². The minimum Gasteiger partial charge on any atom is -0.314 e. The third-order valence-electron chi connectivity index (χ3n) is 4.48. The Labute approximate surface area is 123 Å². The second-order valence-corrected chi connectivity index (χ2v) is 6.02. The lowest BCUT2D eigenvalue weighted by molar-refractivity contribution is 0.283. The number of nitrogens with zero attached hydrogens (tertiary/aromatic N) is 2. The van der Waals surface area contributed by atoms with Gasteiger partial charge in [0.05, 0.1) is 0 Å². The van der Waals surface area contributed by atoms with Crippen molar-refractivity contribution in [1.82, 2.24) is 15.2 Å². The van der Waals surface area contributed by atoms with Gasteiger partial charge in [-0.2, -0.15) is 0 Å². The first-order valence-electron chi connectivity index (χ1n) is 8.11. The number of rotatable bonds is 8. The largest absolute Gasteiger partial charge is 0.314 e. The van der Waals surface area contributed by atoms with E-state index in [1.165, 1.54) is 37.9 Å². The van der Waals surface area contributed by atoms with Gasteiger partial charge < -0.3 is 10.2 Å². The van der Waals surface area contributed by atoms with Crippen LogP contribution >= 0.6 is 0 Å². The average Bonchev–Trinajstić information content (AvgIpc) is 2.92.